The molecule has 2 unspecified atom stereocenters. The lowest BCUT2D eigenvalue weighted by Crippen LogP contribution is -2.36. The highest BCUT2D eigenvalue weighted by molar-refractivity contribution is 9.10. The van der Waals surface area contributed by atoms with Gasteiger partial charge in [0.2, 0.25) is 0 Å². The molecular weight excluding hydrogens is 396 g/mol. The van der Waals surface area contributed by atoms with Crippen LogP contribution < -0.4 is 5.32 Å². The van der Waals surface area contributed by atoms with E-state index < -0.39 is 11.6 Å². The molecule has 1 aromatic rings. The third-order valence-corrected chi connectivity index (χ3v) is 5.04. The number of fused-ring (bicyclic) bond motifs is 1. The van der Waals surface area contributed by atoms with E-state index in [2.05, 4.69) is 31.2 Å². The van der Waals surface area contributed by atoms with Gasteiger partial charge in [0.25, 0.3) is 0 Å². The molecule has 8 heteroatoms. The van der Waals surface area contributed by atoms with Gasteiger partial charge in [0.15, 0.2) is 11.6 Å². The fourth-order valence-electron chi connectivity index (χ4n) is 3.06. The Kier molecular flexibility index (Phi) is 4.07. The zero-order valence-electron chi connectivity index (χ0n) is 13.2. The first-order valence-electron chi connectivity index (χ1n) is 7.78. The second kappa shape index (κ2) is 6.25. The van der Waals surface area contributed by atoms with Gasteiger partial charge in [-0.05, 0) is 34.1 Å². The first kappa shape index (κ1) is 16.3. The van der Waals surface area contributed by atoms with Crippen molar-refractivity contribution in [3.8, 4) is 0 Å². The van der Waals surface area contributed by atoms with Gasteiger partial charge in [0.1, 0.15) is 37.0 Å². The molecule has 130 valence electrons. The van der Waals surface area contributed by atoms with Crippen LogP contribution in [0.5, 0.6) is 0 Å². The standard InChI is InChI=1S/C17H14BrF2N3O2/c1-8-15-9(6-12-16(8)25-5-4-24-12)17(22-7-21-15)23-11-3-2-10(19)13(18)14(11)20/h2-3,6-8,15H,4-5H2,1H3,(H,21,22,23). The number of anilines is 1. The molecule has 4 rings (SSSR count). The summed E-state index contributed by atoms with van der Waals surface area (Å²) in [4.78, 5) is 8.64. The maximum absolute atomic E-state index is 14.3. The van der Waals surface area contributed by atoms with Gasteiger partial charge in [0.05, 0.1) is 16.2 Å². The van der Waals surface area contributed by atoms with Gasteiger partial charge in [-0.2, -0.15) is 0 Å². The number of aliphatic imine (C=N–C) groups is 2. The first-order chi connectivity index (χ1) is 12.1. The molecule has 5 nitrogen and oxygen atoms in total. The quantitative estimate of drug-likeness (QED) is 0.718. The van der Waals surface area contributed by atoms with Crippen molar-refractivity contribution < 1.29 is 18.3 Å². The number of allylic oxidation sites excluding steroid dienone is 1. The lowest BCUT2D eigenvalue weighted by atomic mass is 9.86. The smallest absolute Gasteiger partial charge is 0.163 e. The molecule has 0 saturated heterocycles. The van der Waals surface area contributed by atoms with Gasteiger partial charge in [-0.1, -0.05) is 6.92 Å². The summed E-state index contributed by atoms with van der Waals surface area (Å²) in [5.74, 6) is 0.463. The van der Waals surface area contributed by atoms with E-state index in [0.29, 0.717) is 24.8 Å². The number of hydrogen-bond acceptors (Lipinski definition) is 5. The number of halogens is 3. The minimum Gasteiger partial charge on any atom is -0.490 e. The van der Waals surface area contributed by atoms with Crippen molar-refractivity contribution in [3.05, 3.63) is 51.4 Å². The molecule has 1 aromatic carbocycles. The number of nitrogens with one attached hydrogen (secondary N) is 1. The van der Waals surface area contributed by atoms with Crippen LogP contribution in [0.4, 0.5) is 14.5 Å². The van der Waals surface area contributed by atoms with Crippen LogP contribution in [-0.4, -0.2) is 31.4 Å². The highest BCUT2D eigenvalue weighted by Crippen LogP contribution is 2.37. The van der Waals surface area contributed by atoms with Crippen molar-refractivity contribution in [1.29, 1.82) is 0 Å². The molecule has 0 spiro atoms. The first-order valence-corrected chi connectivity index (χ1v) is 8.57. The molecule has 0 saturated carbocycles. The summed E-state index contributed by atoms with van der Waals surface area (Å²) in [6.07, 6.45) is 3.25. The van der Waals surface area contributed by atoms with Crippen LogP contribution in [-0.2, 0) is 9.47 Å². The van der Waals surface area contributed by atoms with E-state index >= 15 is 0 Å². The molecule has 0 fully saturated rings. The Hall–Kier alpha value is -2.22. The van der Waals surface area contributed by atoms with Gasteiger partial charge < -0.3 is 14.8 Å². The summed E-state index contributed by atoms with van der Waals surface area (Å²) in [6.45, 7) is 2.98. The van der Waals surface area contributed by atoms with E-state index in [4.69, 9.17) is 9.47 Å². The molecule has 25 heavy (non-hydrogen) atoms. The van der Waals surface area contributed by atoms with E-state index in [-0.39, 0.29) is 22.1 Å². The van der Waals surface area contributed by atoms with Crippen molar-refractivity contribution >= 4 is 33.8 Å². The third kappa shape index (κ3) is 2.74. The van der Waals surface area contributed by atoms with Crippen molar-refractivity contribution in [2.24, 2.45) is 15.9 Å². The molecule has 1 N–H and O–H groups in total. The minimum atomic E-state index is -0.719. The number of nitrogens with zero attached hydrogens (tertiary/aromatic N) is 2. The summed E-state index contributed by atoms with van der Waals surface area (Å²) >= 11 is 2.90. The molecule has 2 atom stereocenters. The van der Waals surface area contributed by atoms with Crippen LogP contribution in [0, 0.1) is 17.6 Å². The van der Waals surface area contributed by atoms with E-state index in [1.807, 2.05) is 13.0 Å². The Bertz CT molecular complexity index is 864. The van der Waals surface area contributed by atoms with Gasteiger partial charge in [-0.3, -0.25) is 4.99 Å². The fourth-order valence-corrected chi connectivity index (χ4v) is 3.41. The monoisotopic (exact) mass is 409 g/mol. The van der Waals surface area contributed by atoms with Gasteiger partial charge in [-0.25, -0.2) is 13.8 Å². The van der Waals surface area contributed by atoms with E-state index in [0.717, 1.165) is 11.3 Å². The molecular formula is C17H14BrF2N3O2. The third-order valence-electron chi connectivity index (χ3n) is 4.31. The molecule has 3 aliphatic rings. The number of amidine groups is 1. The van der Waals surface area contributed by atoms with Gasteiger partial charge >= 0.3 is 0 Å². The van der Waals surface area contributed by atoms with Crippen molar-refractivity contribution in [3.63, 3.8) is 0 Å². The summed E-state index contributed by atoms with van der Waals surface area (Å²) in [5, 5.41) is 2.93. The molecule has 0 aromatic heterocycles. The van der Waals surface area contributed by atoms with Crippen LogP contribution >= 0.6 is 15.9 Å². The van der Waals surface area contributed by atoms with E-state index in [9.17, 15) is 8.78 Å². The van der Waals surface area contributed by atoms with E-state index in [1.54, 1.807) is 0 Å². The van der Waals surface area contributed by atoms with E-state index in [1.165, 1.54) is 18.5 Å². The molecule has 0 amide bonds. The lowest BCUT2D eigenvalue weighted by Gasteiger charge is -2.34. The summed E-state index contributed by atoms with van der Waals surface area (Å²) < 4.78 is 38.9. The maximum Gasteiger partial charge on any atom is 0.163 e. The second-order valence-electron chi connectivity index (χ2n) is 5.85. The fraction of sp³-hybridized carbons (Fsp3) is 0.294. The summed E-state index contributed by atoms with van der Waals surface area (Å²) in [7, 11) is 0. The Labute approximate surface area is 151 Å². The average Bonchev–Trinajstić information content (AvgIpc) is 2.63. The summed E-state index contributed by atoms with van der Waals surface area (Å²) in [5.41, 5.74) is 0.898. The Morgan fingerprint density at radius 2 is 2.04 bits per heavy atom. The SMILES string of the molecule is CC1C2=C(C=C3C(Nc4ccc(F)c(Br)c4F)=NC=NC31)OCCO2. The second-order valence-corrected chi connectivity index (χ2v) is 6.64. The van der Waals surface area contributed by atoms with Crippen LogP contribution in [0.1, 0.15) is 6.92 Å². The highest BCUT2D eigenvalue weighted by Gasteiger charge is 2.37. The number of hydrogen-bond donors (Lipinski definition) is 1. The van der Waals surface area contributed by atoms with Crippen LogP contribution in [0.15, 0.2) is 49.8 Å². The van der Waals surface area contributed by atoms with Crippen LogP contribution in [0.2, 0.25) is 0 Å². The lowest BCUT2D eigenvalue weighted by molar-refractivity contribution is 0.0492. The number of rotatable bonds is 1. The molecule has 0 bridgehead atoms. The zero-order chi connectivity index (χ0) is 17.6. The highest BCUT2D eigenvalue weighted by atomic mass is 79.9. The number of benzene rings is 1. The topological polar surface area (TPSA) is 55.2 Å². The largest absolute Gasteiger partial charge is 0.490 e. The van der Waals surface area contributed by atoms with Crippen LogP contribution in [0.3, 0.4) is 0 Å². The Balaban J connectivity index is 1.70. The summed E-state index contributed by atoms with van der Waals surface area (Å²) in [6, 6.07) is 2.31. The Morgan fingerprint density at radius 1 is 1.24 bits per heavy atom. The maximum atomic E-state index is 14.3. The number of ether oxygens (including phenoxy) is 2. The van der Waals surface area contributed by atoms with Crippen LogP contribution in [0.25, 0.3) is 0 Å². The van der Waals surface area contributed by atoms with Crippen molar-refractivity contribution in [2.45, 2.75) is 13.0 Å². The Morgan fingerprint density at radius 3 is 2.88 bits per heavy atom. The van der Waals surface area contributed by atoms with Gasteiger partial charge in [0, 0.05) is 11.5 Å². The van der Waals surface area contributed by atoms with Crippen molar-refractivity contribution in [1.82, 2.24) is 0 Å². The van der Waals surface area contributed by atoms with Gasteiger partial charge in [-0.15, -0.1) is 0 Å². The minimum absolute atomic E-state index is 0.0244. The normalized spacial score (nSPS) is 24.5. The molecule has 0 radical (unpaired) electrons. The zero-order valence-corrected chi connectivity index (χ0v) is 14.8. The van der Waals surface area contributed by atoms with Crippen molar-refractivity contribution in [2.75, 3.05) is 18.5 Å². The molecule has 2 heterocycles. The molecule has 1 aliphatic carbocycles. The predicted molar refractivity (Wildman–Crippen MR) is 93.6 cm³/mol. The molecule has 2 aliphatic heterocycles. The predicted octanol–water partition coefficient (Wildman–Crippen LogP) is 3.78. The average molecular weight is 410 g/mol.